The summed E-state index contributed by atoms with van der Waals surface area (Å²) < 4.78 is 21.9. The molecule has 7 nitrogen and oxygen atoms in total. The van der Waals surface area contributed by atoms with Gasteiger partial charge in [-0.3, -0.25) is 9.59 Å². The third kappa shape index (κ3) is 4.69. The highest BCUT2D eigenvalue weighted by Gasteiger charge is 2.48. The summed E-state index contributed by atoms with van der Waals surface area (Å²) in [4.78, 5) is 27.9. The van der Waals surface area contributed by atoms with E-state index in [9.17, 15) is 9.59 Å². The molecule has 0 saturated carbocycles. The summed E-state index contributed by atoms with van der Waals surface area (Å²) in [7, 11) is 4.57. The number of carbonyl (C=O) groups excluding carboxylic acids is 2. The first-order chi connectivity index (χ1) is 16.1. The van der Waals surface area contributed by atoms with Crippen LogP contribution in [-0.4, -0.2) is 51.3 Å². The van der Waals surface area contributed by atoms with E-state index < -0.39 is 11.9 Å². The molecular weight excluding hydrogens is 422 g/mol. The van der Waals surface area contributed by atoms with Crippen molar-refractivity contribution >= 4 is 11.9 Å². The minimum atomic E-state index is -0.798. The molecule has 3 atom stereocenters. The van der Waals surface area contributed by atoms with Crippen molar-refractivity contribution in [3.63, 3.8) is 0 Å². The van der Waals surface area contributed by atoms with Crippen LogP contribution in [0.15, 0.2) is 42.5 Å². The first-order valence-corrected chi connectivity index (χ1v) is 11.3. The maximum Gasteiger partial charge on any atom is 0.318 e. The lowest BCUT2D eigenvalue weighted by Gasteiger charge is -2.46. The molecule has 0 spiro atoms. The highest BCUT2D eigenvalue weighted by atomic mass is 16.5. The van der Waals surface area contributed by atoms with E-state index in [1.54, 1.807) is 14.2 Å². The molecule has 2 aliphatic rings. The van der Waals surface area contributed by atoms with Crippen molar-refractivity contribution in [3.8, 4) is 11.5 Å². The van der Waals surface area contributed by atoms with E-state index in [2.05, 4.69) is 0 Å². The van der Waals surface area contributed by atoms with E-state index in [0.717, 1.165) is 16.7 Å². The summed E-state index contributed by atoms with van der Waals surface area (Å²) in [5, 5.41) is 0. The third-order valence-electron chi connectivity index (χ3n) is 6.75. The number of amides is 1. The van der Waals surface area contributed by atoms with Crippen LogP contribution in [0.2, 0.25) is 0 Å². The Morgan fingerprint density at radius 3 is 2.48 bits per heavy atom. The fraction of sp³-hybridized carbons (Fsp3) is 0.462. The monoisotopic (exact) mass is 453 g/mol. The van der Waals surface area contributed by atoms with Gasteiger partial charge in [0.1, 0.15) is 5.92 Å². The fourth-order valence-electron chi connectivity index (χ4n) is 5.05. The number of esters is 1. The quantitative estimate of drug-likeness (QED) is 0.346. The van der Waals surface area contributed by atoms with Gasteiger partial charge < -0.3 is 23.8 Å². The smallest absolute Gasteiger partial charge is 0.318 e. The zero-order chi connectivity index (χ0) is 23.4. The average molecular weight is 454 g/mol. The number of methoxy groups -OCH3 is 3. The zero-order valence-corrected chi connectivity index (χ0v) is 19.4. The lowest BCUT2D eigenvalue weighted by Crippen LogP contribution is -2.52. The van der Waals surface area contributed by atoms with Gasteiger partial charge in [-0.25, -0.2) is 0 Å². The Balaban J connectivity index is 1.54. The van der Waals surface area contributed by atoms with Crippen molar-refractivity contribution in [3.05, 3.63) is 59.2 Å². The second kappa shape index (κ2) is 10.3. The highest BCUT2D eigenvalue weighted by molar-refractivity contribution is 5.99. The topological polar surface area (TPSA) is 74.3 Å². The molecule has 2 aromatic rings. The molecular formula is C26H31NO6. The molecule has 2 aliphatic heterocycles. The van der Waals surface area contributed by atoms with Gasteiger partial charge in [-0.15, -0.1) is 0 Å². The highest BCUT2D eigenvalue weighted by Crippen LogP contribution is 2.46. The van der Waals surface area contributed by atoms with Gasteiger partial charge in [0, 0.05) is 13.2 Å². The van der Waals surface area contributed by atoms with E-state index in [1.807, 2.05) is 47.4 Å². The summed E-state index contributed by atoms with van der Waals surface area (Å²) in [6.07, 6.45) is 1.98. The van der Waals surface area contributed by atoms with E-state index in [4.69, 9.17) is 18.9 Å². The van der Waals surface area contributed by atoms with Crippen molar-refractivity contribution < 1.29 is 28.5 Å². The van der Waals surface area contributed by atoms with E-state index in [0.29, 0.717) is 50.5 Å². The van der Waals surface area contributed by atoms with Crippen molar-refractivity contribution in [1.82, 2.24) is 4.90 Å². The summed E-state index contributed by atoms with van der Waals surface area (Å²) >= 11 is 0. The molecule has 0 bridgehead atoms. The van der Waals surface area contributed by atoms with Gasteiger partial charge in [0.25, 0.3) is 0 Å². The Morgan fingerprint density at radius 1 is 1.06 bits per heavy atom. The SMILES string of the molecule is COC(=O)[C@H]1C(=O)N2CCc3cc(OC)c(OC)cc3[C@@H]2C[C@@H]1CCOCc1ccccc1. The molecule has 4 rings (SSSR count). The van der Waals surface area contributed by atoms with Gasteiger partial charge in [0.15, 0.2) is 11.5 Å². The largest absolute Gasteiger partial charge is 0.493 e. The van der Waals surface area contributed by atoms with Crippen LogP contribution >= 0.6 is 0 Å². The van der Waals surface area contributed by atoms with Crippen molar-refractivity contribution in [2.45, 2.75) is 31.9 Å². The predicted octanol–water partition coefficient (Wildman–Crippen LogP) is 3.55. The molecule has 0 aliphatic carbocycles. The first kappa shape index (κ1) is 23.1. The second-order valence-electron chi connectivity index (χ2n) is 8.53. The van der Waals surface area contributed by atoms with Crippen LogP contribution in [0.25, 0.3) is 0 Å². The van der Waals surface area contributed by atoms with E-state index >= 15 is 0 Å². The summed E-state index contributed by atoms with van der Waals surface area (Å²) in [5.41, 5.74) is 3.30. The molecule has 176 valence electrons. The molecule has 0 N–H and O–H groups in total. The minimum Gasteiger partial charge on any atom is -0.493 e. The Labute approximate surface area is 194 Å². The second-order valence-corrected chi connectivity index (χ2v) is 8.53. The van der Waals surface area contributed by atoms with Gasteiger partial charge in [0.05, 0.1) is 34.0 Å². The van der Waals surface area contributed by atoms with Crippen LogP contribution in [0.3, 0.4) is 0 Å². The first-order valence-electron chi connectivity index (χ1n) is 11.3. The Kier molecular flexibility index (Phi) is 7.18. The number of hydrogen-bond donors (Lipinski definition) is 0. The Morgan fingerprint density at radius 2 is 1.79 bits per heavy atom. The van der Waals surface area contributed by atoms with Gasteiger partial charge >= 0.3 is 5.97 Å². The third-order valence-corrected chi connectivity index (χ3v) is 6.75. The summed E-state index contributed by atoms with van der Waals surface area (Å²) in [6.45, 7) is 1.53. The molecule has 0 radical (unpaired) electrons. The van der Waals surface area contributed by atoms with Crippen LogP contribution in [-0.2, 0) is 32.1 Å². The van der Waals surface area contributed by atoms with Gasteiger partial charge in [-0.2, -0.15) is 0 Å². The molecule has 1 fully saturated rings. The minimum absolute atomic E-state index is 0.110. The number of nitrogens with zero attached hydrogens (tertiary/aromatic N) is 1. The van der Waals surface area contributed by atoms with Gasteiger partial charge in [-0.05, 0) is 54.0 Å². The summed E-state index contributed by atoms with van der Waals surface area (Å²) in [5.74, 6) is -0.265. The zero-order valence-electron chi connectivity index (χ0n) is 19.4. The number of ether oxygens (including phenoxy) is 4. The number of rotatable bonds is 8. The maximum absolute atomic E-state index is 13.4. The van der Waals surface area contributed by atoms with E-state index in [-0.39, 0.29) is 17.9 Å². The Hall–Kier alpha value is -3.06. The number of fused-ring (bicyclic) bond motifs is 3. The molecule has 0 aromatic heterocycles. The standard InChI is InChI=1S/C26H31NO6/c1-30-22-14-18-9-11-27-21(20(18)15-23(22)31-2)13-19(24(25(27)28)26(29)32-3)10-12-33-16-17-7-5-4-6-8-17/h4-8,14-15,19,21,24H,9-13,16H2,1-3H3/t19-,21-,24+/m0/s1. The predicted molar refractivity (Wildman–Crippen MR) is 122 cm³/mol. The fourth-order valence-corrected chi connectivity index (χ4v) is 5.05. The molecule has 2 heterocycles. The summed E-state index contributed by atoms with van der Waals surface area (Å²) in [6, 6.07) is 13.8. The van der Waals surface area contributed by atoms with Crippen LogP contribution in [0.5, 0.6) is 11.5 Å². The van der Waals surface area contributed by atoms with Crippen LogP contribution in [0.4, 0.5) is 0 Å². The normalized spacial score (nSPS) is 21.7. The Bertz CT molecular complexity index is 992. The van der Waals surface area contributed by atoms with Crippen molar-refractivity contribution in [2.75, 3.05) is 34.5 Å². The number of piperidine rings is 1. The molecule has 33 heavy (non-hydrogen) atoms. The van der Waals surface area contributed by atoms with Crippen LogP contribution < -0.4 is 9.47 Å². The van der Waals surface area contributed by atoms with Gasteiger partial charge in [-0.1, -0.05) is 30.3 Å². The molecule has 1 saturated heterocycles. The lowest BCUT2D eigenvalue weighted by molar-refractivity contribution is -0.163. The van der Waals surface area contributed by atoms with Gasteiger partial charge in [0.2, 0.25) is 5.91 Å². The molecule has 2 aromatic carbocycles. The number of hydrogen-bond acceptors (Lipinski definition) is 6. The van der Waals surface area contributed by atoms with Crippen LogP contribution in [0, 0.1) is 11.8 Å². The van der Waals surface area contributed by atoms with Crippen LogP contribution in [0.1, 0.15) is 35.6 Å². The van der Waals surface area contributed by atoms with Crippen molar-refractivity contribution in [2.24, 2.45) is 11.8 Å². The number of carbonyl (C=O) groups is 2. The van der Waals surface area contributed by atoms with Crippen molar-refractivity contribution in [1.29, 1.82) is 0 Å². The molecule has 1 amide bonds. The van der Waals surface area contributed by atoms with E-state index in [1.165, 1.54) is 7.11 Å². The maximum atomic E-state index is 13.4. The molecule has 7 heteroatoms. The molecule has 0 unspecified atom stereocenters. The average Bonchev–Trinajstić information content (AvgIpc) is 2.85. The number of benzene rings is 2. The lowest BCUT2D eigenvalue weighted by atomic mass is 9.75.